The minimum Gasteiger partial charge on any atom is -0.497 e. The summed E-state index contributed by atoms with van der Waals surface area (Å²) in [5.74, 6) is 0.861. The molecule has 0 saturated carbocycles. The predicted molar refractivity (Wildman–Crippen MR) is 103 cm³/mol. The predicted octanol–water partition coefficient (Wildman–Crippen LogP) is 3.77. The Bertz CT molecular complexity index is 861. The molecule has 0 aliphatic carbocycles. The zero-order valence-electron chi connectivity index (χ0n) is 14.9. The fourth-order valence-corrected chi connectivity index (χ4v) is 3.51. The van der Waals surface area contributed by atoms with Crippen LogP contribution in [0.25, 0.3) is 10.6 Å². The van der Waals surface area contributed by atoms with Crippen molar-refractivity contribution in [3.05, 3.63) is 64.9 Å². The number of aryl methyl sites for hydroxylation is 2. The highest BCUT2D eigenvalue weighted by Crippen LogP contribution is 2.27. The van der Waals surface area contributed by atoms with E-state index in [1.807, 2.05) is 43.3 Å². The topological polar surface area (TPSA) is 64.1 Å². The highest BCUT2D eigenvalue weighted by molar-refractivity contribution is 7.15. The molecule has 3 aromatic rings. The number of carbonyl (C=O) groups excluding carboxylic acids is 1. The third-order valence-electron chi connectivity index (χ3n) is 4.05. The van der Waals surface area contributed by atoms with E-state index >= 15 is 0 Å². The Hall–Kier alpha value is -2.73. The lowest BCUT2D eigenvalue weighted by molar-refractivity contribution is -0.121. The number of nitrogens with one attached hydrogen (secondary N) is 1. The van der Waals surface area contributed by atoms with E-state index in [2.05, 4.69) is 15.3 Å². The van der Waals surface area contributed by atoms with Crippen molar-refractivity contribution >= 4 is 17.2 Å². The van der Waals surface area contributed by atoms with Gasteiger partial charge in [-0.25, -0.2) is 4.98 Å². The van der Waals surface area contributed by atoms with Gasteiger partial charge in [-0.15, -0.1) is 11.3 Å². The van der Waals surface area contributed by atoms with Gasteiger partial charge < -0.3 is 10.1 Å². The minimum absolute atomic E-state index is 0.0385. The summed E-state index contributed by atoms with van der Waals surface area (Å²) in [5.41, 5.74) is 3.07. The van der Waals surface area contributed by atoms with E-state index in [1.165, 1.54) is 0 Å². The number of aromatic nitrogens is 2. The van der Waals surface area contributed by atoms with E-state index < -0.39 is 0 Å². The summed E-state index contributed by atoms with van der Waals surface area (Å²) < 4.78 is 5.14. The maximum atomic E-state index is 12.1. The molecule has 0 spiro atoms. The number of methoxy groups -OCH3 is 1. The van der Waals surface area contributed by atoms with Crippen LogP contribution in [0.5, 0.6) is 5.75 Å². The van der Waals surface area contributed by atoms with Crippen LogP contribution in [-0.4, -0.2) is 23.0 Å². The molecule has 26 heavy (non-hydrogen) atoms. The average Bonchev–Trinajstić information content (AvgIpc) is 3.06. The van der Waals surface area contributed by atoms with E-state index in [9.17, 15) is 4.79 Å². The van der Waals surface area contributed by atoms with Crippen molar-refractivity contribution in [2.45, 2.75) is 26.3 Å². The van der Waals surface area contributed by atoms with Gasteiger partial charge in [0.25, 0.3) is 0 Å². The Morgan fingerprint density at radius 2 is 2.04 bits per heavy atom. The number of pyridine rings is 1. The van der Waals surface area contributed by atoms with Crippen LogP contribution in [0.2, 0.25) is 0 Å². The molecule has 6 heteroatoms. The maximum absolute atomic E-state index is 12.1. The maximum Gasteiger partial charge on any atom is 0.220 e. The Morgan fingerprint density at radius 1 is 1.23 bits per heavy atom. The molecule has 1 N–H and O–H groups in total. The van der Waals surface area contributed by atoms with Crippen LogP contribution < -0.4 is 10.1 Å². The van der Waals surface area contributed by atoms with Crippen LogP contribution in [-0.2, 0) is 17.8 Å². The summed E-state index contributed by atoms with van der Waals surface area (Å²) in [6.45, 7) is 2.47. The highest BCUT2D eigenvalue weighted by atomic mass is 32.1. The molecule has 1 aromatic carbocycles. The van der Waals surface area contributed by atoms with Gasteiger partial charge in [0.05, 0.1) is 19.3 Å². The van der Waals surface area contributed by atoms with Gasteiger partial charge in [-0.05, 0) is 43.2 Å². The molecule has 1 amide bonds. The van der Waals surface area contributed by atoms with Gasteiger partial charge in [0, 0.05) is 29.3 Å². The van der Waals surface area contributed by atoms with E-state index in [4.69, 9.17) is 4.74 Å². The van der Waals surface area contributed by atoms with Gasteiger partial charge in [-0.1, -0.05) is 12.1 Å². The third kappa shape index (κ3) is 4.67. The molecule has 0 radical (unpaired) electrons. The molecule has 3 rings (SSSR count). The van der Waals surface area contributed by atoms with Crippen molar-refractivity contribution < 1.29 is 9.53 Å². The second-order valence-corrected chi connectivity index (χ2v) is 6.98. The third-order valence-corrected chi connectivity index (χ3v) is 5.25. The molecule has 0 unspecified atom stereocenters. The number of rotatable bonds is 7. The summed E-state index contributed by atoms with van der Waals surface area (Å²) in [6.07, 6.45) is 4.71. The van der Waals surface area contributed by atoms with Gasteiger partial charge in [0.2, 0.25) is 5.91 Å². The Balaban J connectivity index is 1.52. The van der Waals surface area contributed by atoms with Crippen molar-refractivity contribution in [1.29, 1.82) is 0 Å². The lowest BCUT2D eigenvalue weighted by Gasteiger charge is -2.05. The molecule has 0 fully saturated rings. The monoisotopic (exact) mass is 367 g/mol. The van der Waals surface area contributed by atoms with Crippen LogP contribution in [0.4, 0.5) is 0 Å². The molecule has 5 nitrogen and oxygen atoms in total. The summed E-state index contributed by atoms with van der Waals surface area (Å²) >= 11 is 1.59. The number of amides is 1. The van der Waals surface area contributed by atoms with E-state index in [0.717, 1.165) is 32.5 Å². The number of ether oxygens (including phenoxy) is 1. The number of hydrogen-bond acceptors (Lipinski definition) is 5. The first-order valence-corrected chi connectivity index (χ1v) is 9.23. The number of hydrogen-bond donors (Lipinski definition) is 1. The van der Waals surface area contributed by atoms with Crippen LogP contribution in [0, 0.1) is 6.92 Å². The molecular weight excluding hydrogens is 346 g/mol. The molecule has 0 saturated heterocycles. The second-order valence-electron chi connectivity index (χ2n) is 5.89. The zero-order chi connectivity index (χ0) is 18.4. The SMILES string of the molecule is COc1ccc(CCC(=O)NCc2sc(-c3cccnc3)nc2C)cc1. The second kappa shape index (κ2) is 8.58. The van der Waals surface area contributed by atoms with Crippen LogP contribution in [0.15, 0.2) is 48.8 Å². The van der Waals surface area contributed by atoms with Crippen molar-refractivity contribution in [3.8, 4) is 16.3 Å². The van der Waals surface area contributed by atoms with Crippen molar-refractivity contribution in [3.63, 3.8) is 0 Å². The molecule has 0 aliphatic rings. The lowest BCUT2D eigenvalue weighted by Crippen LogP contribution is -2.22. The largest absolute Gasteiger partial charge is 0.497 e. The average molecular weight is 367 g/mol. The molecule has 2 heterocycles. The molecule has 134 valence electrons. The van der Waals surface area contributed by atoms with Gasteiger partial charge in [0.15, 0.2) is 0 Å². The quantitative estimate of drug-likeness (QED) is 0.690. The first-order chi connectivity index (χ1) is 12.7. The van der Waals surface area contributed by atoms with Crippen LogP contribution >= 0.6 is 11.3 Å². The molecule has 0 bridgehead atoms. The smallest absolute Gasteiger partial charge is 0.220 e. The molecule has 0 atom stereocenters. The normalized spacial score (nSPS) is 10.5. The zero-order valence-corrected chi connectivity index (χ0v) is 15.7. The minimum atomic E-state index is 0.0385. The number of benzene rings is 1. The highest BCUT2D eigenvalue weighted by Gasteiger charge is 2.11. The molecule has 2 aromatic heterocycles. The summed E-state index contributed by atoms with van der Waals surface area (Å²) in [6, 6.07) is 11.7. The summed E-state index contributed by atoms with van der Waals surface area (Å²) in [4.78, 5) is 21.9. The van der Waals surface area contributed by atoms with Gasteiger partial charge in [0.1, 0.15) is 10.8 Å². The number of thiazole rings is 1. The van der Waals surface area contributed by atoms with Crippen molar-refractivity contribution in [1.82, 2.24) is 15.3 Å². The standard InChI is InChI=1S/C20H21N3O2S/c1-14-18(26-20(23-14)16-4-3-11-21-12-16)13-22-19(24)10-7-15-5-8-17(25-2)9-6-15/h3-6,8-9,11-12H,7,10,13H2,1-2H3,(H,22,24). The Labute approximate surface area is 157 Å². The van der Waals surface area contributed by atoms with Gasteiger partial charge in [-0.3, -0.25) is 9.78 Å². The first kappa shape index (κ1) is 18.1. The summed E-state index contributed by atoms with van der Waals surface area (Å²) in [5, 5.41) is 3.92. The summed E-state index contributed by atoms with van der Waals surface area (Å²) in [7, 11) is 1.64. The number of carbonyl (C=O) groups is 1. The lowest BCUT2D eigenvalue weighted by atomic mass is 10.1. The van der Waals surface area contributed by atoms with Crippen molar-refractivity contribution in [2.24, 2.45) is 0 Å². The van der Waals surface area contributed by atoms with Crippen LogP contribution in [0.1, 0.15) is 22.6 Å². The molecule has 0 aliphatic heterocycles. The first-order valence-electron chi connectivity index (χ1n) is 8.42. The van der Waals surface area contributed by atoms with Crippen molar-refractivity contribution in [2.75, 3.05) is 7.11 Å². The molecular formula is C20H21N3O2S. The Morgan fingerprint density at radius 3 is 2.73 bits per heavy atom. The van der Waals surface area contributed by atoms with Gasteiger partial charge in [-0.2, -0.15) is 0 Å². The Kier molecular flexibility index (Phi) is 5.96. The fraction of sp³-hybridized carbons (Fsp3) is 0.250. The number of nitrogens with zero attached hydrogens (tertiary/aromatic N) is 2. The van der Waals surface area contributed by atoms with E-state index in [0.29, 0.717) is 19.4 Å². The van der Waals surface area contributed by atoms with Crippen LogP contribution in [0.3, 0.4) is 0 Å². The van der Waals surface area contributed by atoms with E-state index in [1.54, 1.807) is 30.8 Å². The fourth-order valence-electron chi connectivity index (χ4n) is 2.52. The van der Waals surface area contributed by atoms with E-state index in [-0.39, 0.29) is 5.91 Å². The van der Waals surface area contributed by atoms with Gasteiger partial charge >= 0.3 is 0 Å².